The molecule has 1 aromatic rings. The molecule has 0 saturated heterocycles. The summed E-state index contributed by atoms with van der Waals surface area (Å²) in [5.41, 5.74) is 1.12. The van der Waals surface area contributed by atoms with Gasteiger partial charge in [0.05, 0.1) is 6.54 Å². The Kier molecular flexibility index (Phi) is 4.87. The lowest BCUT2D eigenvalue weighted by Crippen LogP contribution is -2.43. The Hall–Kier alpha value is -2.17. The summed E-state index contributed by atoms with van der Waals surface area (Å²) in [5, 5.41) is 5.45. The molecule has 5 nitrogen and oxygen atoms in total. The molecule has 0 bridgehead atoms. The molecule has 1 unspecified atom stereocenters. The quantitative estimate of drug-likeness (QED) is 0.888. The third-order valence-electron chi connectivity index (χ3n) is 3.07. The number of nitrogens with one attached hydrogen (secondary N) is 2. The van der Waals surface area contributed by atoms with Crippen molar-refractivity contribution in [1.29, 1.82) is 0 Å². The Morgan fingerprint density at radius 3 is 2.90 bits per heavy atom. The number of urea groups is 1. The van der Waals surface area contributed by atoms with Gasteiger partial charge in [0.1, 0.15) is 6.61 Å². The topological polar surface area (TPSA) is 59.6 Å². The molecule has 1 aliphatic rings. The minimum absolute atomic E-state index is 0.174. The van der Waals surface area contributed by atoms with Crippen LogP contribution in [0.4, 0.5) is 4.79 Å². The van der Waals surface area contributed by atoms with Gasteiger partial charge in [-0.25, -0.2) is 4.79 Å². The molecule has 0 fully saturated rings. The smallest absolute Gasteiger partial charge is 0.318 e. The summed E-state index contributed by atoms with van der Waals surface area (Å²) in [4.78, 5) is 11.6. The lowest BCUT2D eigenvalue weighted by Gasteiger charge is -2.26. The highest BCUT2D eigenvalue weighted by Crippen LogP contribution is 2.30. The van der Waals surface area contributed by atoms with E-state index in [0.29, 0.717) is 18.9 Å². The summed E-state index contributed by atoms with van der Waals surface area (Å²) in [6, 6.07) is 7.28. The third kappa shape index (κ3) is 3.91. The van der Waals surface area contributed by atoms with Gasteiger partial charge in [0, 0.05) is 6.20 Å². The molecule has 0 spiro atoms. The standard InChI is InChI=1S/C15H20N2O3/c1-3-11(2)8-16-15(18)17-9-12-10-19-13-6-4-5-7-14(13)20-12/h4-8,12H,3,9-10H2,1-2H3,(H2,16,17,18)/b11-8+. The van der Waals surface area contributed by atoms with Gasteiger partial charge in [-0.15, -0.1) is 0 Å². The first kappa shape index (κ1) is 14.2. The normalized spacial score (nSPS) is 17.5. The van der Waals surface area contributed by atoms with E-state index in [2.05, 4.69) is 10.6 Å². The first-order chi connectivity index (χ1) is 9.69. The van der Waals surface area contributed by atoms with Crippen LogP contribution < -0.4 is 20.1 Å². The van der Waals surface area contributed by atoms with Gasteiger partial charge < -0.3 is 20.1 Å². The Balaban J connectivity index is 1.77. The Morgan fingerprint density at radius 2 is 2.15 bits per heavy atom. The van der Waals surface area contributed by atoms with E-state index in [9.17, 15) is 4.79 Å². The maximum absolute atomic E-state index is 11.6. The fourth-order valence-corrected chi connectivity index (χ4v) is 1.71. The summed E-state index contributed by atoms with van der Waals surface area (Å²) in [7, 11) is 0. The molecule has 2 N–H and O–H groups in total. The minimum atomic E-state index is -0.236. The predicted molar refractivity (Wildman–Crippen MR) is 76.9 cm³/mol. The molecule has 0 saturated carbocycles. The molecule has 2 rings (SSSR count). The second kappa shape index (κ2) is 6.84. The SMILES string of the molecule is CC/C(C)=C/NC(=O)NCC1COc2ccccc2O1. The number of rotatable bonds is 4. The average molecular weight is 276 g/mol. The van der Waals surface area contributed by atoms with Crippen molar-refractivity contribution in [1.82, 2.24) is 10.6 Å². The highest BCUT2D eigenvalue weighted by Gasteiger charge is 2.20. The number of hydrogen-bond donors (Lipinski definition) is 2. The van der Waals surface area contributed by atoms with E-state index in [1.807, 2.05) is 38.1 Å². The van der Waals surface area contributed by atoms with E-state index in [1.165, 1.54) is 0 Å². The van der Waals surface area contributed by atoms with Crippen LogP contribution in [0.1, 0.15) is 20.3 Å². The maximum atomic E-state index is 11.6. The van der Waals surface area contributed by atoms with Gasteiger partial charge in [-0.1, -0.05) is 24.6 Å². The number of carbonyl (C=O) groups is 1. The molecular weight excluding hydrogens is 256 g/mol. The zero-order chi connectivity index (χ0) is 14.4. The van der Waals surface area contributed by atoms with Crippen molar-refractivity contribution in [2.24, 2.45) is 0 Å². The zero-order valence-electron chi connectivity index (χ0n) is 11.8. The highest BCUT2D eigenvalue weighted by molar-refractivity contribution is 5.75. The second-order valence-electron chi connectivity index (χ2n) is 4.70. The van der Waals surface area contributed by atoms with Crippen LogP contribution in [0.15, 0.2) is 36.0 Å². The van der Waals surface area contributed by atoms with Gasteiger partial charge in [0.25, 0.3) is 0 Å². The Bertz CT molecular complexity index is 500. The van der Waals surface area contributed by atoms with Gasteiger partial charge in [-0.2, -0.15) is 0 Å². The van der Waals surface area contributed by atoms with Crippen molar-refractivity contribution >= 4 is 6.03 Å². The molecule has 2 amide bonds. The summed E-state index contributed by atoms with van der Waals surface area (Å²) in [6.45, 7) is 4.84. The number of carbonyl (C=O) groups excluding carboxylic acids is 1. The van der Waals surface area contributed by atoms with Crippen molar-refractivity contribution in [3.05, 3.63) is 36.0 Å². The molecule has 1 aromatic carbocycles. The minimum Gasteiger partial charge on any atom is -0.486 e. The van der Waals surface area contributed by atoms with Gasteiger partial charge in [0.2, 0.25) is 0 Å². The third-order valence-corrected chi connectivity index (χ3v) is 3.07. The van der Waals surface area contributed by atoms with Crippen molar-refractivity contribution in [3.8, 4) is 11.5 Å². The van der Waals surface area contributed by atoms with Crippen LogP contribution >= 0.6 is 0 Å². The van der Waals surface area contributed by atoms with Crippen molar-refractivity contribution < 1.29 is 14.3 Å². The molecule has 0 radical (unpaired) electrons. The van der Waals surface area contributed by atoms with Crippen LogP contribution in [0.5, 0.6) is 11.5 Å². The van der Waals surface area contributed by atoms with Gasteiger partial charge >= 0.3 is 6.03 Å². The van der Waals surface area contributed by atoms with Gasteiger partial charge in [-0.05, 0) is 25.5 Å². The second-order valence-corrected chi connectivity index (χ2v) is 4.70. The molecule has 0 aliphatic carbocycles. The molecule has 1 aliphatic heterocycles. The van der Waals surface area contributed by atoms with Crippen molar-refractivity contribution in [2.45, 2.75) is 26.4 Å². The number of ether oxygens (including phenoxy) is 2. The number of amides is 2. The molecule has 20 heavy (non-hydrogen) atoms. The van der Waals surface area contributed by atoms with Crippen molar-refractivity contribution in [2.75, 3.05) is 13.2 Å². The van der Waals surface area contributed by atoms with Crippen LogP contribution in [0, 0.1) is 0 Å². The van der Waals surface area contributed by atoms with Crippen LogP contribution in [0.25, 0.3) is 0 Å². The first-order valence-corrected chi connectivity index (χ1v) is 6.77. The average Bonchev–Trinajstić information content (AvgIpc) is 2.50. The first-order valence-electron chi connectivity index (χ1n) is 6.77. The van der Waals surface area contributed by atoms with Gasteiger partial charge in [0.15, 0.2) is 17.6 Å². The fraction of sp³-hybridized carbons (Fsp3) is 0.400. The monoisotopic (exact) mass is 276 g/mol. The van der Waals surface area contributed by atoms with Crippen LogP contribution in [0.3, 0.4) is 0 Å². The van der Waals surface area contributed by atoms with E-state index in [0.717, 1.165) is 17.7 Å². The number of benzene rings is 1. The van der Waals surface area contributed by atoms with Crippen molar-refractivity contribution in [3.63, 3.8) is 0 Å². The Labute approximate surface area is 119 Å². The zero-order valence-corrected chi connectivity index (χ0v) is 11.8. The summed E-state index contributed by atoms with van der Waals surface area (Å²) < 4.78 is 11.3. The number of allylic oxidation sites excluding steroid dienone is 1. The molecular formula is C15H20N2O3. The largest absolute Gasteiger partial charge is 0.486 e. The predicted octanol–water partition coefficient (Wildman–Crippen LogP) is 2.44. The maximum Gasteiger partial charge on any atom is 0.318 e. The van der Waals surface area contributed by atoms with E-state index >= 15 is 0 Å². The lowest BCUT2D eigenvalue weighted by atomic mass is 10.2. The fourth-order valence-electron chi connectivity index (χ4n) is 1.71. The molecule has 5 heteroatoms. The number of hydrogen-bond acceptors (Lipinski definition) is 3. The van der Waals surface area contributed by atoms with E-state index in [4.69, 9.17) is 9.47 Å². The molecule has 1 atom stereocenters. The number of para-hydroxylation sites is 2. The highest BCUT2D eigenvalue weighted by atomic mass is 16.6. The van der Waals surface area contributed by atoms with Crippen LogP contribution in [-0.4, -0.2) is 25.3 Å². The van der Waals surface area contributed by atoms with Gasteiger partial charge in [-0.3, -0.25) is 0 Å². The van der Waals surface area contributed by atoms with Crippen LogP contribution in [-0.2, 0) is 0 Å². The Morgan fingerprint density at radius 1 is 1.40 bits per heavy atom. The van der Waals surface area contributed by atoms with E-state index in [-0.39, 0.29) is 12.1 Å². The van der Waals surface area contributed by atoms with Crippen LogP contribution in [0.2, 0.25) is 0 Å². The number of fused-ring (bicyclic) bond motifs is 1. The molecule has 1 heterocycles. The summed E-state index contributed by atoms with van der Waals surface area (Å²) in [5.74, 6) is 1.46. The summed E-state index contributed by atoms with van der Waals surface area (Å²) >= 11 is 0. The van der Waals surface area contributed by atoms with E-state index < -0.39 is 0 Å². The lowest BCUT2D eigenvalue weighted by molar-refractivity contribution is 0.0919. The molecule has 0 aromatic heterocycles. The molecule has 108 valence electrons. The summed E-state index contributed by atoms with van der Waals surface area (Å²) in [6.07, 6.45) is 2.45. The van der Waals surface area contributed by atoms with E-state index in [1.54, 1.807) is 6.20 Å².